The molecule has 0 bridgehead atoms. The molecule has 1 aliphatic carbocycles. The second-order valence-corrected chi connectivity index (χ2v) is 6.13. The van der Waals surface area contributed by atoms with Gasteiger partial charge in [-0.15, -0.1) is 0 Å². The molecule has 0 aromatic heterocycles. The van der Waals surface area contributed by atoms with E-state index >= 15 is 0 Å². The summed E-state index contributed by atoms with van der Waals surface area (Å²) >= 11 is 0. The summed E-state index contributed by atoms with van der Waals surface area (Å²) in [5.74, 6) is 1.26. The fraction of sp³-hybridized carbons (Fsp3) is 0.562. The van der Waals surface area contributed by atoms with Crippen LogP contribution in [0.4, 0.5) is 11.4 Å². The van der Waals surface area contributed by atoms with Crippen LogP contribution < -0.4 is 11.1 Å². The zero-order chi connectivity index (χ0) is 14.1. The predicted octanol–water partition coefficient (Wildman–Crippen LogP) is 2.25. The molecule has 1 atom stereocenters. The monoisotopic (exact) mass is 273 g/mol. The van der Waals surface area contributed by atoms with E-state index in [-0.39, 0.29) is 0 Å². The minimum Gasteiger partial charge on any atom is -0.397 e. The highest BCUT2D eigenvalue weighted by Gasteiger charge is 2.36. The number of hydrogen-bond acceptors (Lipinski definition) is 3. The first-order chi connectivity index (χ1) is 9.65. The van der Waals surface area contributed by atoms with Gasteiger partial charge in [0.05, 0.1) is 11.4 Å². The third-order valence-electron chi connectivity index (χ3n) is 4.43. The summed E-state index contributed by atoms with van der Waals surface area (Å²) < 4.78 is 0. The van der Waals surface area contributed by atoms with Crippen LogP contribution in [0.2, 0.25) is 0 Å². The van der Waals surface area contributed by atoms with E-state index < -0.39 is 0 Å². The predicted molar refractivity (Wildman–Crippen MR) is 81.5 cm³/mol. The molecule has 108 valence electrons. The van der Waals surface area contributed by atoms with Crippen LogP contribution in [0, 0.1) is 18.8 Å². The molecule has 0 radical (unpaired) electrons. The number of hydrogen-bond donors (Lipinski definition) is 2. The number of nitrogens with zero attached hydrogens (tertiary/aromatic N) is 1. The number of nitrogens with two attached hydrogens (primary N) is 1. The van der Waals surface area contributed by atoms with E-state index in [1.165, 1.54) is 0 Å². The number of rotatable bonds is 4. The quantitative estimate of drug-likeness (QED) is 0.827. The van der Waals surface area contributed by atoms with Gasteiger partial charge in [0.15, 0.2) is 0 Å². The number of carbonyl (C=O) groups excluding carboxylic acids is 1. The number of aryl methyl sites for hydroxylation is 1. The van der Waals surface area contributed by atoms with Crippen molar-refractivity contribution in [3.63, 3.8) is 0 Å². The number of para-hydroxylation sites is 1. The van der Waals surface area contributed by atoms with Gasteiger partial charge in [-0.05, 0) is 43.7 Å². The van der Waals surface area contributed by atoms with Crippen molar-refractivity contribution in [3.05, 3.63) is 23.8 Å². The Kier molecular flexibility index (Phi) is 3.55. The van der Waals surface area contributed by atoms with Gasteiger partial charge in [-0.1, -0.05) is 12.1 Å². The average molecular weight is 273 g/mol. The normalized spacial score (nSPS) is 22.1. The van der Waals surface area contributed by atoms with Crippen LogP contribution in [0.15, 0.2) is 18.2 Å². The summed E-state index contributed by atoms with van der Waals surface area (Å²) in [4.78, 5) is 14.1. The van der Waals surface area contributed by atoms with E-state index in [0.29, 0.717) is 17.7 Å². The van der Waals surface area contributed by atoms with Crippen molar-refractivity contribution in [1.82, 2.24) is 4.90 Å². The highest BCUT2D eigenvalue weighted by Crippen LogP contribution is 2.33. The SMILES string of the molecule is Cc1cccc(NC[C@@H]2CCN(C(=O)C3CC3)C2)c1N. The summed E-state index contributed by atoms with van der Waals surface area (Å²) in [5, 5.41) is 3.44. The van der Waals surface area contributed by atoms with E-state index in [0.717, 1.165) is 55.8 Å². The smallest absolute Gasteiger partial charge is 0.225 e. The van der Waals surface area contributed by atoms with E-state index in [9.17, 15) is 4.79 Å². The third-order valence-corrected chi connectivity index (χ3v) is 4.43. The molecule has 0 unspecified atom stereocenters. The van der Waals surface area contributed by atoms with Crippen molar-refractivity contribution < 1.29 is 4.79 Å². The largest absolute Gasteiger partial charge is 0.397 e. The molecule has 1 amide bonds. The minimum absolute atomic E-state index is 0.342. The number of benzene rings is 1. The fourth-order valence-electron chi connectivity index (χ4n) is 2.88. The molecule has 1 aromatic rings. The first-order valence-electron chi connectivity index (χ1n) is 7.53. The summed E-state index contributed by atoms with van der Waals surface area (Å²) in [5.41, 5.74) is 9.01. The molecule has 3 N–H and O–H groups in total. The molecule has 3 rings (SSSR count). The molecule has 1 saturated heterocycles. The number of nitrogens with one attached hydrogen (secondary N) is 1. The summed E-state index contributed by atoms with van der Waals surface area (Å²) in [7, 11) is 0. The Labute approximate surface area is 120 Å². The molecule has 20 heavy (non-hydrogen) atoms. The van der Waals surface area contributed by atoms with Crippen LogP contribution in [-0.2, 0) is 4.79 Å². The molecule has 2 aliphatic rings. The van der Waals surface area contributed by atoms with Gasteiger partial charge in [-0.3, -0.25) is 4.79 Å². The number of nitrogen functional groups attached to an aromatic ring is 1. The summed E-state index contributed by atoms with van der Waals surface area (Å²) in [6, 6.07) is 6.06. The standard InChI is InChI=1S/C16H23N3O/c1-11-3-2-4-14(15(11)17)18-9-12-7-8-19(10-12)16(20)13-5-6-13/h2-4,12-13,18H,5-10,17H2,1H3/t12-/m0/s1. The Hall–Kier alpha value is -1.71. The highest BCUT2D eigenvalue weighted by atomic mass is 16.2. The zero-order valence-corrected chi connectivity index (χ0v) is 12.1. The third kappa shape index (κ3) is 2.74. The van der Waals surface area contributed by atoms with E-state index in [1.807, 2.05) is 30.0 Å². The number of amides is 1. The Bertz CT molecular complexity index is 510. The summed E-state index contributed by atoms with van der Waals surface area (Å²) in [6.45, 7) is 4.73. The molecule has 1 aliphatic heterocycles. The Morgan fingerprint density at radius 1 is 1.40 bits per heavy atom. The lowest BCUT2D eigenvalue weighted by Crippen LogP contribution is -2.30. The van der Waals surface area contributed by atoms with Crippen molar-refractivity contribution in [2.24, 2.45) is 11.8 Å². The van der Waals surface area contributed by atoms with Crippen molar-refractivity contribution >= 4 is 17.3 Å². The van der Waals surface area contributed by atoms with Gasteiger partial charge in [0, 0.05) is 25.6 Å². The summed E-state index contributed by atoms with van der Waals surface area (Å²) in [6.07, 6.45) is 3.29. The van der Waals surface area contributed by atoms with E-state index in [4.69, 9.17) is 5.73 Å². The first-order valence-corrected chi connectivity index (χ1v) is 7.53. The second kappa shape index (κ2) is 5.35. The van der Waals surface area contributed by atoms with Gasteiger partial charge in [0.1, 0.15) is 0 Å². The lowest BCUT2D eigenvalue weighted by Gasteiger charge is -2.17. The van der Waals surface area contributed by atoms with Gasteiger partial charge in [-0.25, -0.2) is 0 Å². The Balaban J connectivity index is 1.52. The molecule has 4 nitrogen and oxygen atoms in total. The van der Waals surface area contributed by atoms with Crippen molar-refractivity contribution in [2.45, 2.75) is 26.2 Å². The second-order valence-electron chi connectivity index (χ2n) is 6.13. The van der Waals surface area contributed by atoms with Crippen molar-refractivity contribution in [3.8, 4) is 0 Å². The lowest BCUT2D eigenvalue weighted by molar-refractivity contribution is -0.131. The van der Waals surface area contributed by atoms with Gasteiger partial charge in [0.2, 0.25) is 5.91 Å². The van der Waals surface area contributed by atoms with Gasteiger partial charge in [0.25, 0.3) is 0 Å². The molecule has 1 heterocycles. The molecular weight excluding hydrogens is 250 g/mol. The first kappa shape index (κ1) is 13.3. The molecule has 1 aromatic carbocycles. The highest BCUT2D eigenvalue weighted by molar-refractivity contribution is 5.81. The van der Waals surface area contributed by atoms with E-state index in [1.54, 1.807) is 0 Å². The van der Waals surface area contributed by atoms with Crippen LogP contribution in [0.5, 0.6) is 0 Å². The maximum atomic E-state index is 12.0. The molecule has 1 saturated carbocycles. The number of anilines is 2. The average Bonchev–Trinajstić information content (AvgIpc) is 3.18. The Morgan fingerprint density at radius 3 is 2.95 bits per heavy atom. The fourth-order valence-corrected chi connectivity index (χ4v) is 2.88. The van der Waals surface area contributed by atoms with Crippen LogP contribution in [0.25, 0.3) is 0 Å². The molecular formula is C16H23N3O. The van der Waals surface area contributed by atoms with Crippen LogP contribution in [-0.4, -0.2) is 30.4 Å². The van der Waals surface area contributed by atoms with Crippen LogP contribution >= 0.6 is 0 Å². The lowest BCUT2D eigenvalue weighted by atomic mass is 10.1. The van der Waals surface area contributed by atoms with Gasteiger partial charge < -0.3 is 16.0 Å². The van der Waals surface area contributed by atoms with Gasteiger partial charge >= 0.3 is 0 Å². The van der Waals surface area contributed by atoms with Crippen molar-refractivity contribution in [2.75, 3.05) is 30.7 Å². The molecule has 0 spiro atoms. The maximum Gasteiger partial charge on any atom is 0.225 e. The number of likely N-dealkylation sites (tertiary alicyclic amines) is 1. The number of carbonyl (C=O) groups is 1. The topological polar surface area (TPSA) is 58.4 Å². The zero-order valence-electron chi connectivity index (χ0n) is 12.1. The van der Waals surface area contributed by atoms with Crippen LogP contribution in [0.3, 0.4) is 0 Å². The molecule has 4 heteroatoms. The maximum absolute atomic E-state index is 12.0. The van der Waals surface area contributed by atoms with E-state index in [2.05, 4.69) is 5.32 Å². The minimum atomic E-state index is 0.342. The van der Waals surface area contributed by atoms with Crippen molar-refractivity contribution in [1.29, 1.82) is 0 Å². The Morgan fingerprint density at radius 2 is 2.20 bits per heavy atom. The van der Waals surface area contributed by atoms with Crippen LogP contribution in [0.1, 0.15) is 24.8 Å². The van der Waals surface area contributed by atoms with Gasteiger partial charge in [-0.2, -0.15) is 0 Å². The molecule has 2 fully saturated rings.